The fraction of sp³-hybridized carbons (Fsp3) is 0.500. The molecule has 1 rings (SSSR count). The van der Waals surface area contributed by atoms with Gasteiger partial charge in [0.2, 0.25) is 5.91 Å². The molecule has 0 aliphatic rings. The van der Waals surface area contributed by atoms with Crippen molar-refractivity contribution < 1.29 is 29.5 Å². The first-order valence-corrected chi connectivity index (χ1v) is 8.87. The van der Waals surface area contributed by atoms with Gasteiger partial charge in [-0.2, -0.15) is 0 Å². The molecule has 156 valence electrons. The minimum Gasteiger partial charge on any atom is -0.473 e. The molecule has 1 amide bonds. The number of nitrogens with two attached hydrogens (primary N) is 1. The summed E-state index contributed by atoms with van der Waals surface area (Å²) in [4.78, 5) is 41.5. The van der Waals surface area contributed by atoms with E-state index in [1.807, 2.05) is 12.1 Å². The fourth-order valence-electron chi connectivity index (χ4n) is 2.36. The van der Waals surface area contributed by atoms with Gasteiger partial charge in [-0.25, -0.2) is 9.59 Å². The van der Waals surface area contributed by atoms with Crippen LogP contribution in [-0.4, -0.2) is 57.5 Å². The Bertz CT molecular complexity index is 635. The highest BCUT2D eigenvalue weighted by Crippen LogP contribution is 2.13. The molecule has 10 heteroatoms. The van der Waals surface area contributed by atoms with Gasteiger partial charge in [-0.1, -0.05) is 19.1 Å². The zero-order chi connectivity index (χ0) is 21.5. The quantitative estimate of drug-likeness (QED) is 0.219. The molecule has 0 spiro atoms. The normalized spacial score (nSPS) is 10.1. The van der Waals surface area contributed by atoms with Crippen LogP contribution in [0.2, 0.25) is 0 Å². The van der Waals surface area contributed by atoms with Gasteiger partial charge >= 0.3 is 11.9 Å². The van der Waals surface area contributed by atoms with Crippen LogP contribution >= 0.6 is 0 Å². The zero-order valence-corrected chi connectivity index (χ0v) is 15.9. The summed E-state index contributed by atoms with van der Waals surface area (Å²) >= 11 is 0. The molecule has 0 bridgehead atoms. The van der Waals surface area contributed by atoms with Crippen molar-refractivity contribution in [1.82, 2.24) is 4.90 Å². The van der Waals surface area contributed by atoms with Gasteiger partial charge in [-0.15, -0.1) is 0 Å². The lowest BCUT2D eigenvalue weighted by Crippen LogP contribution is -2.28. The molecule has 0 saturated carbocycles. The van der Waals surface area contributed by atoms with Crippen LogP contribution in [0.1, 0.15) is 38.2 Å². The lowest BCUT2D eigenvalue weighted by molar-refractivity contribution is -0.384. The first-order valence-electron chi connectivity index (χ1n) is 8.87. The number of nitro groups is 1. The van der Waals surface area contributed by atoms with Gasteiger partial charge in [0.05, 0.1) is 4.92 Å². The number of amides is 1. The Labute approximate surface area is 163 Å². The number of non-ortho nitro benzene ring substituents is 1. The average Bonchev–Trinajstić information content (AvgIpc) is 2.63. The Morgan fingerprint density at radius 3 is 2.04 bits per heavy atom. The Kier molecular flexibility index (Phi) is 12.6. The maximum absolute atomic E-state index is 10.7. The topological polar surface area (TPSA) is 164 Å². The molecule has 0 atom stereocenters. The molecule has 0 heterocycles. The Morgan fingerprint density at radius 1 is 1.04 bits per heavy atom. The third-order valence-electron chi connectivity index (χ3n) is 3.73. The maximum Gasteiger partial charge on any atom is 0.414 e. The van der Waals surface area contributed by atoms with Crippen LogP contribution in [0.4, 0.5) is 5.69 Å². The van der Waals surface area contributed by atoms with Gasteiger partial charge in [-0.05, 0) is 44.3 Å². The summed E-state index contributed by atoms with van der Waals surface area (Å²) < 4.78 is 0. The first kappa shape index (κ1) is 25.0. The third-order valence-corrected chi connectivity index (χ3v) is 3.73. The second-order valence-electron chi connectivity index (χ2n) is 6.05. The molecule has 0 aromatic heterocycles. The van der Waals surface area contributed by atoms with Crippen molar-refractivity contribution in [2.75, 3.05) is 19.6 Å². The molecule has 28 heavy (non-hydrogen) atoms. The summed E-state index contributed by atoms with van der Waals surface area (Å²) in [5, 5.41) is 25.4. The van der Waals surface area contributed by atoms with E-state index in [0.29, 0.717) is 6.42 Å². The predicted molar refractivity (Wildman–Crippen MR) is 102 cm³/mol. The Balaban J connectivity index is 0.00000105. The number of rotatable bonds is 11. The second-order valence-corrected chi connectivity index (χ2v) is 6.05. The Morgan fingerprint density at radius 2 is 1.61 bits per heavy atom. The number of unbranched alkanes of at least 4 members (excludes halogenated alkanes) is 1. The van der Waals surface area contributed by atoms with Crippen molar-refractivity contribution in [3.63, 3.8) is 0 Å². The molecule has 0 aliphatic heterocycles. The van der Waals surface area contributed by atoms with Crippen LogP contribution in [0.15, 0.2) is 24.3 Å². The van der Waals surface area contributed by atoms with E-state index in [-0.39, 0.29) is 16.5 Å². The fourth-order valence-corrected chi connectivity index (χ4v) is 2.36. The number of nitrogens with zero attached hydrogens (tertiary/aromatic N) is 2. The SMILES string of the molecule is CCCN(CCCCC(N)=O)CCc1ccc([N+](=O)[O-])cc1.O=C(O)C(=O)O. The summed E-state index contributed by atoms with van der Waals surface area (Å²) in [6.45, 7) is 5.03. The van der Waals surface area contributed by atoms with Gasteiger partial charge in [0.25, 0.3) is 5.69 Å². The van der Waals surface area contributed by atoms with Gasteiger partial charge < -0.3 is 20.8 Å². The maximum atomic E-state index is 10.7. The molecule has 0 saturated heterocycles. The molecule has 0 fully saturated rings. The van der Waals surface area contributed by atoms with E-state index < -0.39 is 11.9 Å². The Hall–Kier alpha value is -3.01. The number of aliphatic carboxylic acids is 2. The lowest BCUT2D eigenvalue weighted by Gasteiger charge is -2.21. The van der Waals surface area contributed by atoms with Crippen LogP contribution in [0, 0.1) is 10.1 Å². The number of nitro benzene ring substituents is 1. The molecule has 0 radical (unpaired) electrons. The van der Waals surface area contributed by atoms with Crippen LogP contribution in [0.3, 0.4) is 0 Å². The highest BCUT2D eigenvalue weighted by molar-refractivity contribution is 6.27. The summed E-state index contributed by atoms with van der Waals surface area (Å²) in [7, 11) is 0. The highest BCUT2D eigenvalue weighted by Gasteiger charge is 2.07. The number of benzene rings is 1. The molecule has 10 nitrogen and oxygen atoms in total. The standard InChI is InChI=1S/C16H25N3O3.C2H2O4/c1-2-11-18(12-4-3-5-16(17)20)13-10-14-6-8-15(9-7-14)19(21)22;3-1(4)2(5)6/h6-9H,2-5,10-13H2,1H3,(H2,17,20);(H,3,4)(H,5,6). The molecule has 0 aliphatic carbocycles. The number of carboxylic acids is 2. The van der Waals surface area contributed by atoms with E-state index in [1.54, 1.807) is 12.1 Å². The summed E-state index contributed by atoms with van der Waals surface area (Å²) in [6.07, 6.45) is 4.18. The van der Waals surface area contributed by atoms with Crippen LogP contribution in [0.25, 0.3) is 0 Å². The van der Waals surface area contributed by atoms with E-state index in [1.165, 1.54) is 0 Å². The predicted octanol–water partition coefficient (Wildman–Crippen LogP) is 1.66. The molecular formula is C18H27N3O7. The summed E-state index contributed by atoms with van der Waals surface area (Å²) in [5.41, 5.74) is 6.36. The van der Waals surface area contributed by atoms with Crippen molar-refractivity contribution in [3.8, 4) is 0 Å². The van der Waals surface area contributed by atoms with Crippen molar-refractivity contribution in [3.05, 3.63) is 39.9 Å². The molecule has 0 unspecified atom stereocenters. The van der Waals surface area contributed by atoms with Crippen molar-refractivity contribution in [2.45, 2.75) is 39.0 Å². The zero-order valence-electron chi connectivity index (χ0n) is 15.9. The minimum absolute atomic E-state index is 0.126. The number of primary amides is 1. The number of hydrogen-bond donors (Lipinski definition) is 3. The van der Waals surface area contributed by atoms with E-state index in [4.69, 9.17) is 25.5 Å². The van der Waals surface area contributed by atoms with Crippen LogP contribution in [-0.2, 0) is 20.8 Å². The number of carbonyl (C=O) groups is 3. The summed E-state index contributed by atoms with van der Waals surface area (Å²) in [5.74, 6) is -3.89. The van der Waals surface area contributed by atoms with Crippen molar-refractivity contribution in [1.29, 1.82) is 0 Å². The van der Waals surface area contributed by atoms with Crippen molar-refractivity contribution in [2.24, 2.45) is 5.73 Å². The average molecular weight is 397 g/mol. The van der Waals surface area contributed by atoms with Gasteiger partial charge in [0.1, 0.15) is 0 Å². The van der Waals surface area contributed by atoms with E-state index in [9.17, 15) is 14.9 Å². The molecule has 4 N–H and O–H groups in total. The highest BCUT2D eigenvalue weighted by atomic mass is 16.6. The molecule has 1 aromatic carbocycles. The second kappa shape index (κ2) is 14.1. The minimum atomic E-state index is -1.82. The number of carbonyl (C=O) groups excluding carboxylic acids is 1. The number of hydrogen-bond acceptors (Lipinski definition) is 6. The first-order chi connectivity index (χ1) is 13.2. The van der Waals surface area contributed by atoms with Gasteiger partial charge in [0.15, 0.2) is 0 Å². The van der Waals surface area contributed by atoms with Crippen LogP contribution in [0.5, 0.6) is 0 Å². The summed E-state index contributed by atoms with van der Waals surface area (Å²) in [6, 6.07) is 6.73. The largest absolute Gasteiger partial charge is 0.473 e. The van der Waals surface area contributed by atoms with E-state index >= 15 is 0 Å². The monoisotopic (exact) mass is 397 g/mol. The van der Waals surface area contributed by atoms with E-state index in [2.05, 4.69) is 11.8 Å². The molecule has 1 aromatic rings. The van der Waals surface area contributed by atoms with E-state index in [0.717, 1.165) is 50.9 Å². The lowest BCUT2D eigenvalue weighted by atomic mass is 10.1. The molecular weight excluding hydrogens is 370 g/mol. The van der Waals surface area contributed by atoms with Gasteiger partial charge in [-0.3, -0.25) is 14.9 Å². The third kappa shape index (κ3) is 12.4. The number of carboxylic acid groups (broad SMARTS) is 2. The smallest absolute Gasteiger partial charge is 0.414 e. The van der Waals surface area contributed by atoms with Crippen molar-refractivity contribution >= 4 is 23.5 Å². The van der Waals surface area contributed by atoms with Crippen LogP contribution < -0.4 is 5.73 Å². The van der Waals surface area contributed by atoms with Gasteiger partial charge in [0, 0.05) is 25.1 Å².